The van der Waals surface area contributed by atoms with Crippen molar-refractivity contribution < 1.29 is 9.59 Å². The standard InChI is InChI=1S/C18H28N4O3/c1-3-4-9-19-17(24)14-7-5-6-8-15(14)18(25)20-11-13-10-16(23)22-12(2)21-13/h10,14-15H,3-9,11H2,1-2H3,(H,19,24)(H,20,25)(H,21,22,23)/t14-,15+/m1/s1. The first-order valence-electron chi connectivity index (χ1n) is 9.13. The molecule has 25 heavy (non-hydrogen) atoms. The molecule has 1 aromatic heterocycles. The number of carbonyl (C=O) groups is 2. The van der Waals surface area contributed by atoms with Gasteiger partial charge in [-0.15, -0.1) is 0 Å². The lowest BCUT2D eigenvalue weighted by molar-refractivity contribution is -0.136. The number of amides is 2. The maximum Gasteiger partial charge on any atom is 0.251 e. The number of aromatic amines is 1. The summed E-state index contributed by atoms with van der Waals surface area (Å²) in [7, 11) is 0. The molecule has 0 unspecified atom stereocenters. The number of aromatic nitrogens is 2. The van der Waals surface area contributed by atoms with Gasteiger partial charge >= 0.3 is 0 Å². The van der Waals surface area contributed by atoms with Gasteiger partial charge in [-0.1, -0.05) is 26.2 Å². The molecule has 2 rings (SSSR count). The molecule has 1 aliphatic rings. The van der Waals surface area contributed by atoms with Gasteiger partial charge in [-0.3, -0.25) is 14.4 Å². The van der Waals surface area contributed by atoms with Crippen molar-refractivity contribution >= 4 is 11.8 Å². The highest BCUT2D eigenvalue weighted by atomic mass is 16.2. The van der Waals surface area contributed by atoms with Crippen molar-refractivity contribution in [1.29, 1.82) is 0 Å². The number of hydrogen-bond acceptors (Lipinski definition) is 4. The summed E-state index contributed by atoms with van der Waals surface area (Å²) in [5.74, 6) is -0.200. The van der Waals surface area contributed by atoms with Crippen molar-refractivity contribution in [3.63, 3.8) is 0 Å². The Morgan fingerprint density at radius 1 is 1.20 bits per heavy atom. The SMILES string of the molecule is CCCCNC(=O)[C@@H]1CCCC[C@@H]1C(=O)NCc1cc(=O)[nH]c(C)n1. The fraction of sp³-hybridized carbons (Fsp3) is 0.667. The number of aryl methyl sites for hydroxylation is 1. The molecule has 0 radical (unpaired) electrons. The van der Waals surface area contributed by atoms with Crippen molar-refractivity contribution in [1.82, 2.24) is 20.6 Å². The van der Waals surface area contributed by atoms with E-state index >= 15 is 0 Å². The van der Waals surface area contributed by atoms with Crippen LogP contribution >= 0.6 is 0 Å². The third-order valence-corrected chi connectivity index (χ3v) is 4.63. The molecule has 0 spiro atoms. The van der Waals surface area contributed by atoms with Gasteiger partial charge in [-0.25, -0.2) is 4.98 Å². The van der Waals surface area contributed by atoms with E-state index in [1.54, 1.807) is 6.92 Å². The molecule has 2 atom stereocenters. The van der Waals surface area contributed by atoms with Crippen LogP contribution in [0.4, 0.5) is 0 Å². The Balaban J connectivity index is 1.95. The van der Waals surface area contributed by atoms with Crippen LogP contribution in [0.2, 0.25) is 0 Å². The Morgan fingerprint density at radius 3 is 2.44 bits per heavy atom. The van der Waals surface area contributed by atoms with Gasteiger partial charge < -0.3 is 15.6 Å². The van der Waals surface area contributed by atoms with Crippen LogP contribution in [-0.2, 0) is 16.1 Å². The molecule has 3 N–H and O–H groups in total. The van der Waals surface area contributed by atoms with Gasteiger partial charge in [0.1, 0.15) is 5.82 Å². The van der Waals surface area contributed by atoms with Gasteiger partial charge in [-0.2, -0.15) is 0 Å². The van der Waals surface area contributed by atoms with E-state index in [-0.39, 0.29) is 35.8 Å². The summed E-state index contributed by atoms with van der Waals surface area (Å²) < 4.78 is 0. The molecule has 2 amide bonds. The van der Waals surface area contributed by atoms with E-state index in [2.05, 4.69) is 27.5 Å². The first-order valence-corrected chi connectivity index (χ1v) is 9.13. The van der Waals surface area contributed by atoms with Gasteiger partial charge in [0.2, 0.25) is 11.8 Å². The van der Waals surface area contributed by atoms with Gasteiger partial charge in [0.15, 0.2) is 0 Å². The average molecular weight is 348 g/mol. The number of nitrogens with zero attached hydrogens (tertiary/aromatic N) is 1. The van der Waals surface area contributed by atoms with Gasteiger partial charge in [0.05, 0.1) is 12.2 Å². The van der Waals surface area contributed by atoms with E-state index in [1.165, 1.54) is 6.07 Å². The summed E-state index contributed by atoms with van der Waals surface area (Å²) in [5.41, 5.74) is 0.289. The number of unbranched alkanes of at least 4 members (excludes halogenated alkanes) is 1. The Hall–Kier alpha value is -2.18. The molecule has 0 aliphatic heterocycles. The van der Waals surface area contributed by atoms with E-state index in [1.807, 2.05) is 0 Å². The van der Waals surface area contributed by atoms with Crippen LogP contribution in [0.3, 0.4) is 0 Å². The summed E-state index contributed by atoms with van der Waals surface area (Å²) in [5, 5.41) is 5.79. The fourth-order valence-electron chi connectivity index (χ4n) is 3.32. The van der Waals surface area contributed by atoms with E-state index in [4.69, 9.17) is 0 Å². The molecular weight excluding hydrogens is 320 g/mol. The summed E-state index contributed by atoms with van der Waals surface area (Å²) in [6.45, 7) is 4.64. The zero-order valence-corrected chi connectivity index (χ0v) is 15.1. The molecule has 7 heteroatoms. The fourth-order valence-corrected chi connectivity index (χ4v) is 3.32. The number of nitrogens with one attached hydrogen (secondary N) is 3. The summed E-state index contributed by atoms with van der Waals surface area (Å²) in [4.78, 5) is 43.2. The molecule has 0 aromatic carbocycles. The minimum absolute atomic E-state index is 0.0153. The maximum atomic E-state index is 12.6. The topological polar surface area (TPSA) is 104 Å². The molecule has 1 fully saturated rings. The third-order valence-electron chi connectivity index (χ3n) is 4.63. The minimum Gasteiger partial charge on any atom is -0.356 e. The molecule has 0 saturated heterocycles. The molecule has 1 heterocycles. The lowest BCUT2D eigenvalue weighted by atomic mass is 9.78. The van der Waals surface area contributed by atoms with Crippen molar-refractivity contribution in [2.75, 3.05) is 6.54 Å². The molecule has 138 valence electrons. The number of carbonyl (C=O) groups excluding carboxylic acids is 2. The zero-order valence-electron chi connectivity index (χ0n) is 15.1. The largest absolute Gasteiger partial charge is 0.356 e. The molecule has 1 aliphatic carbocycles. The van der Waals surface area contributed by atoms with E-state index < -0.39 is 0 Å². The quantitative estimate of drug-likeness (QED) is 0.648. The highest BCUT2D eigenvalue weighted by Gasteiger charge is 2.35. The molecule has 7 nitrogen and oxygen atoms in total. The number of H-pyrrole nitrogens is 1. The monoisotopic (exact) mass is 348 g/mol. The molecule has 0 bridgehead atoms. The summed E-state index contributed by atoms with van der Waals surface area (Å²) in [6.07, 6.45) is 5.38. The zero-order chi connectivity index (χ0) is 18.2. The van der Waals surface area contributed by atoms with Crippen molar-refractivity contribution in [2.24, 2.45) is 11.8 Å². The summed E-state index contributed by atoms with van der Waals surface area (Å²) in [6, 6.07) is 1.38. The maximum absolute atomic E-state index is 12.6. The second-order valence-corrected chi connectivity index (χ2v) is 6.68. The number of rotatable bonds is 7. The van der Waals surface area contributed by atoms with Gasteiger partial charge in [-0.05, 0) is 26.2 Å². The van der Waals surface area contributed by atoms with Crippen molar-refractivity contribution in [3.05, 3.63) is 27.9 Å². The molecule has 1 saturated carbocycles. The molecule has 1 aromatic rings. The Labute approximate surface area is 148 Å². The van der Waals surface area contributed by atoms with E-state index in [9.17, 15) is 14.4 Å². The first-order chi connectivity index (χ1) is 12.0. The van der Waals surface area contributed by atoms with Crippen LogP contribution in [-0.4, -0.2) is 28.3 Å². The first kappa shape index (κ1) is 19.1. The normalized spacial score (nSPS) is 20.1. The Bertz CT molecular complexity index is 656. The smallest absolute Gasteiger partial charge is 0.251 e. The van der Waals surface area contributed by atoms with Crippen molar-refractivity contribution in [3.8, 4) is 0 Å². The van der Waals surface area contributed by atoms with Crippen LogP contribution in [0.5, 0.6) is 0 Å². The second-order valence-electron chi connectivity index (χ2n) is 6.68. The molecular formula is C18H28N4O3. The van der Waals surface area contributed by atoms with Gasteiger partial charge in [0.25, 0.3) is 5.56 Å². The number of hydrogen-bond donors (Lipinski definition) is 3. The predicted molar refractivity (Wildman–Crippen MR) is 94.8 cm³/mol. The average Bonchev–Trinajstić information content (AvgIpc) is 2.59. The van der Waals surface area contributed by atoms with Crippen LogP contribution in [0.25, 0.3) is 0 Å². The van der Waals surface area contributed by atoms with Crippen LogP contribution in [0.1, 0.15) is 57.0 Å². The Kier molecular flexibility index (Phi) is 7.16. The van der Waals surface area contributed by atoms with E-state index in [0.717, 1.165) is 38.5 Å². The predicted octanol–water partition coefficient (Wildman–Crippen LogP) is 1.42. The van der Waals surface area contributed by atoms with Crippen molar-refractivity contribution in [2.45, 2.75) is 58.9 Å². The lowest BCUT2D eigenvalue weighted by Gasteiger charge is -2.29. The van der Waals surface area contributed by atoms with Gasteiger partial charge in [0, 0.05) is 24.4 Å². The van der Waals surface area contributed by atoms with Crippen LogP contribution in [0, 0.1) is 18.8 Å². The highest BCUT2D eigenvalue weighted by Crippen LogP contribution is 2.30. The van der Waals surface area contributed by atoms with Crippen LogP contribution in [0.15, 0.2) is 10.9 Å². The van der Waals surface area contributed by atoms with E-state index in [0.29, 0.717) is 18.1 Å². The lowest BCUT2D eigenvalue weighted by Crippen LogP contribution is -2.43. The minimum atomic E-state index is -0.307. The third kappa shape index (κ3) is 5.69. The second kappa shape index (κ2) is 9.34. The van der Waals surface area contributed by atoms with Crippen LogP contribution < -0.4 is 16.2 Å². The highest BCUT2D eigenvalue weighted by molar-refractivity contribution is 5.87. The Morgan fingerprint density at radius 2 is 1.84 bits per heavy atom. The summed E-state index contributed by atoms with van der Waals surface area (Å²) >= 11 is 0.